The van der Waals surface area contributed by atoms with Crippen molar-refractivity contribution in [1.29, 1.82) is 0 Å². The lowest BCUT2D eigenvalue weighted by molar-refractivity contribution is 0.189. The molecule has 3 nitrogen and oxygen atoms in total. The molecule has 2 aromatic heterocycles. The fourth-order valence-corrected chi connectivity index (χ4v) is 4.91. The van der Waals surface area contributed by atoms with E-state index >= 15 is 0 Å². The summed E-state index contributed by atoms with van der Waals surface area (Å²) >= 11 is 3.58. The maximum Gasteiger partial charge on any atom is 0.140 e. The van der Waals surface area contributed by atoms with Crippen LogP contribution < -0.4 is 4.74 Å². The van der Waals surface area contributed by atoms with Gasteiger partial charge in [0.1, 0.15) is 17.4 Å². The van der Waals surface area contributed by atoms with Crippen molar-refractivity contribution < 1.29 is 4.74 Å². The summed E-state index contributed by atoms with van der Waals surface area (Å²) in [5.74, 6) is 0.900. The third-order valence-electron chi connectivity index (χ3n) is 4.75. The zero-order chi connectivity index (χ0) is 17.2. The maximum atomic E-state index is 5.84. The molecule has 0 bridgehead atoms. The first-order valence-corrected chi connectivity index (χ1v) is 10.4. The number of aryl methyl sites for hydroxylation is 1. The second-order valence-corrected chi connectivity index (χ2v) is 8.47. The molecule has 25 heavy (non-hydrogen) atoms. The Morgan fingerprint density at radius 1 is 1.20 bits per heavy atom. The fourth-order valence-electron chi connectivity index (χ4n) is 3.25. The molecule has 1 unspecified atom stereocenters. The quantitative estimate of drug-likeness (QED) is 0.616. The van der Waals surface area contributed by atoms with Gasteiger partial charge in [0.15, 0.2) is 0 Å². The molecule has 0 saturated heterocycles. The monoisotopic (exact) mass is 370 g/mol. The number of benzene rings is 1. The van der Waals surface area contributed by atoms with Crippen LogP contribution in [0.25, 0.3) is 0 Å². The highest BCUT2D eigenvalue weighted by Gasteiger charge is 2.25. The van der Waals surface area contributed by atoms with E-state index in [4.69, 9.17) is 9.72 Å². The molecule has 0 spiro atoms. The molecule has 0 saturated carbocycles. The molecular weight excluding hydrogens is 348 g/mol. The van der Waals surface area contributed by atoms with Crippen molar-refractivity contribution in [2.24, 2.45) is 0 Å². The molecule has 1 aliphatic heterocycles. The van der Waals surface area contributed by atoms with Crippen molar-refractivity contribution in [2.75, 3.05) is 6.54 Å². The van der Waals surface area contributed by atoms with Gasteiger partial charge >= 0.3 is 0 Å². The first kappa shape index (κ1) is 16.8. The zero-order valence-corrected chi connectivity index (χ0v) is 16.2. The van der Waals surface area contributed by atoms with Crippen molar-refractivity contribution in [2.45, 2.75) is 39.5 Å². The lowest BCUT2D eigenvalue weighted by Gasteiger charge is -2.32. The first-order chi connectivity index (χ1) is 12.2. The number of hydrogen-bond acceptors (Lipinski definition) is 5. The van der Waals surface area contributed by atoms with Crippen LogP contribution in [0.15, 0.2) is 41.1 Å². The third kappa shape index (κ3) is 3.78. The van der Waals surface area contributed by atoms with Crippen molar-refractivity contribution in [3.63, 3.8) is 0 Å². The van der Waals surface area contributed by atoms with Gasteiger partial charge in [-0.15, -0.1) is 22.7 Å². The van der Waals surface area contributed by atoms with Crippen molar-refractivity contribution in [3.8, 4) is 5.75 Å². The molecule has 0 N–H and O–H groups in total. The van der Waals surface area contributed by atoms with E-state index in [1.165, 1.54) is 11.1 Å². The molecule has 3 aromatic rings. The van der Waals surface area contributed by atoms with E-state index in [9.17, 15) is 0 Å². The van der Waals surface area contributed by atoms with Crippen LogP contribution in [0.5, 0.6) is 5.75 Å². The lowest BCUT2D eigenvalue weighted by Crippen LogP contribution is -2.32. The van der Waals surface area contributed by atoms with Crippen LogP contribution in [0, 0.1) is 6.92 Å². The Kier molecular flexibility index (Phi) is 4.88. The number of thiazole rings is 1. The molecule has 0 amide bonds. The minimum Gasteiger partial charge on any atom is -0.486 e. The van der Waals surface area contributed by atoms with Gasteiger partial charge in [0, 0.05) is 29.4 Å². The summed E-state index contributed by atoms with van der Waals surface area (Å²) < 4.78 is 5.84. The number of nitrogens with zero attached hydrogens (tertiary/aromatic N) is 2. The maximum absolute atomic E-state index is 5.84. The Balaban J connectivity index is 1.36. The Morgan fingerprint density at radius 2 is 2.04 bits per heavy atom. The number of thiophene rings is 1. The molecule has 1 atom stereocenters. The summed E-state index contributed by atoms with van der Waals surface area (Å²) in [7, 11) is 0. The van der Waals surface area contributed by atoms with E-state index in [0.717, 1.165) is 36.0 Å². The average Bonchev–Trinajstić information content (AvgIpc) is 3.26. The lowest BCUT2D eigenvalue weighted by atomic mass is 10.0. The van der Waals surface area contributed by atoms with Gasteiger partial charge < -0.3 is 4.74 Å². The van der Waals surface area contributed by atoms with Crippen LogP contribution in [0.1, 0.15) is 39.7 Å². The summed E-state index contributed by atoms with van der Waals surface area (Å²) in [6.07, 6.45) is 1.16. The summed E-state index contributed by atoms with van der Waals surface area (Å²) in [4.78, 5) is 8.84. The molecule has 5 heteroatoms. The van der Waals surface area contributed by atoms with Crippen LogP contribution in [-0.4, -0.2) is 16.4 Å². The number of fused-ring (bicyclic) bond motifs is 1. The van der Waals surface area contributed by atoms with Crippen LogP contribution in [0.3, 0.4) is 0 Å². The van der Waals surface area contributed by atoms with E-state index in [1.807, 2.05) is 23.5 Å². The second-order valence-electron chi connectivity index (χ2n) is 6.53. The van der Waals surface area contributed by atoms with Gasteiger partial charge in [-0.2, -0.15) is 0 Å². The largest absolute Gasteiger partial charge is 0.486 e. The van der Waals surface area contributed by atoms with Gasteiger partial charge in [-0.3, -0.25) is 4.90 Å². The highest BCUT2D eigenvalue weighted by atomic mass is 32.1. The average molecular weight is 371 g/mol. The molecule has 0 fully saturated rings. The Bertz CT molecular complexity index is 838. The standard InChI is InChI=1S/C20H22N2OS2/c1-14-3-5-17(6-4-14)23-12-20-21-16(13-25-20)11-22-9-7-19-18(15(22)2)8-10-24-19/h3-6,8,10,13,15H,7,9,11-12H2,1-2H3. The minimum atomic E-state index is 0.476. The van der Waals surface area contributed by atoms with Gasteiger partial charge in [0.25, 0.3) is 0 Å². The molecular formula is C20H22N2OS2. The predicted octanol–water partition coefficient (Wildman–Crippen LogP) is 5.21. The summed E-state index contributed by atoms with van der Waals surface area (Å²) in [6, 6.07) is 10.9. The molecule has 0 radical (unpaired) electrons. The van der Waals surface area contributed by atoms with Gasteiger partial charge in [0.05, 0.1) is 5.69 Å². The summed E-state index contributed by atoms with van der Waals surface area (Å²) in [5, 5.41) is 5.43. The minimum absolute atomic E-state index is 0.476. The van der Waals surface area contributed by atoms with Crippen molar-refractivity contribution in [3.05, 3.63) is 67.8 Å². The van der Waals surface area contributed by atoms with E-state index in [2.05, 4.69) is 47.7 Å². The van der Waals surface area contributed by atoms with Crippen LogP contribution in [0.4, 0.5) is 0 Å². The summed E-state index contributed by atoms with van der Waals surface area (Å²) in [5.41, 5.74) is 3.89. The molecule has 1 aliphatic rings. The van der Waals surface area contributed by atoms with E-state index in [1.54, 1.807) is 16.2 Å². The van der Waals surface area contributed by atoms with E-state index in [-0.39, 0.29) is 0 Å². The number of aromatic nitrogens is 1. The van der Waals surface area contributed by atoms with Crippen LogP contribution in [0.2, 0.25) is 0 Å². The smallest absolute Gasteiger partial charge is 0.140 e. The second kappa shape index (κ2) is 7.28. The molecule has 130 valence electrons. The van der Waals surface area contributed by atoms with Crippen molar-refractivity contribution in [1.82, 2.24) is 9.88 Å². The first-order valence-electron chi connectivity index (χ1n) is 8.62. The fraction of sp³-hybridized carbons (Fsp3) is 0.350. The predicted molar refractivity (Wildman–Crippen MR) is 104 cm³/mol. The van der Waals surface area contributed by atoms with Gasteiger partial charge in [-0.1, -0.05) is 17.7 Å². The van der Waals surface area contributed by atoms with Crippen LogP contribution in [-0.2, 0) is 19.6 Å². The number of hydrogen-bond donors (Lipinski definition) is 0. The summed E-state index contributed by atoms with van der Waals surface area (Å²) in [6.45, 7) is 6.95. The van der Waals surface area contributed by atoms with E-state index < -0.39 is 0 Å². The zero-order valence-electron chi connectivity index (χ0n) is 14.6. The van der Waals surface area contributed by atoms with Crippen LogP contribution >= 0.6 is 22.7 Å². The molecule has 1 aromatic carbocycles. The number of rotatable bonds is 5. The number of ether oxygens (including phenoxy) is 1. The Hall–Kier alpha value is -1.69. The molecule has 3 heterocycles. The van der Waals surface area contributed by atoms with E-state index in [0.29, 0.717) is 12.6 Å². The highest BCUT2D eigenvalue weighted by molar-refractivity contribution is 7.10. The Morgan fingerprint density at radius 3 is 2.88 bits per heavy atom. The normalized spacial score (nSPS) is 17.4. The topological polar surface area (TPSA) is 25.4 Å². The van der Waals surface area contributed by atoms with Gasteiger partial charge in [-0.25, -0.2) is 4.98 Å². The highest BCUT2D eigenvalue weighted by Crippen LogP contribution is 2.33. The molecule has 0 aliphatic carbocycles. The van der Waals surface area contributed by atoms with Gasteiger partial charge in [0.2, 0.25) is 0 Å². The SMILES string of the molecule is Cc1ccc(OCc2nc(CN3CCc4sccc4C3C)cs2)cc1. The van der Waals surface area contributed by atoms with Crippen molar-refractivity contribution >= 4 is 22.7 Å². The Labute approximate surface area is 156 Å². The molecule has 4 rings (SSSR count). The third-order valence-corrected chi connectivity index (χ3v) is 6.62. The van der Waals surface area contributed by atoms with Gasteiger partial charge in [-0.05, 0) is 49.4 Å².